The molecule has 1 atom stereocenters. The van der Waals surface area contributed by atoms with Gasteiger partial charge in [0, 0.05) is 0 Å². The standard InChI is InChI=1S/C7H3F11O5S/c8-1-4(11,12)23-7(17,18)5(13,6(14,15)16)22-3(2(9)10)24(19,20)21/h1H2,(H,19,20,21). The van der Waals surface area contributed by atoms with Crippen LogP contribution in [0.15, 0.2) is 11.2 Å². The Bertz CT molecular complexity index is 592. The second kappa shape index (κ2) is 6.51. The van der Waals surface area contributed by atoms with Crippen molar-refractivity contribution in [1.29, 1.82) is 0 Å². The van der Waals surface area contributed by atoms with Gasteiger partial charge in [0.05, 0.1) is 0 Å². The van der Waals surface area contributed by atoms with E-state index in [0.717, 1.165) is 0 Å². The molecule has 0 aromatic carbocycles. The van der Waals surface area contributed by atoms with E-state index < -0.39 is 52.2 Å². The normalized spacial score (nSPS) is 16.5. The molecular weight excluding hydrogens is 405 g/mol. The van der Waals surface area contributed by atoms with Crippen molar-refractivity contribution in [3.63, 3.8) is 0 Å². The van der Waals surface area contributed by atoms with Gasteiger partial charge in [-0.1, -0.05) is 0 Å². The van der Waals surface area contributed by atoms with Crippen LogP contribution in [0.4, 0.5) is 48.3 Å². The van der Waals surface area contributed by atoms with E-state index in [1.165, 1.54) is 0 Å². The average molecular weight is 408 g/mol. The molecule has 0 amide bonds. The Morgan fingerprint density at radius 2 is 1.38 bits per heavy atom. The van der Waals surface area contributed by atoms with Gasteiger partial charge in [0.25, 0.3) is 0 Å². The molecular formula is C7H3F11O5S. The second-order valence-electron chi connectivity index (χ2n) is 3.61. The van der Waals surface area contributed by atoms with Crippen LogP contribution < -0.4 is 0 Å². The minimum atomic E-state index is -7.17. The molecule has 0 saturated carbocycles. The lowest BCUT2D eigenvalue weighted by Crippen LogP contribution is -2.60. The summed E-state index contributed by atoms with van der Waals surface area (Å²) in [5.74, 6) is -6.98. The monoisotopic (exact) mass is 408 g/mol. The molecule has 0 heterocycles. The predicted molar refractivity (Wildman–Crippen MR) is 48.7 cm³/mol. The van der Waals surface area contributed by atoms with Crippen LogP contribution in [0.2, 0.25) is 0 Å². The predicted octanol–water partition coefficient (Wildman–Crippen LogP) is 3.36. The summed E-state index contributed by atoms with van der Waals surface area (Å²) in [6.45, 7) is -3.20. The van der Waals surface area contributed by atoms with Crippen molar-refractivity contribution in [3.05, 3.63) is 11.2 Å². The number of ether oxygens (including phenoxy) is 2. The SMILES string of the molecule is O=S(=O)(O)C(OC(F)(C(F)(F)F)C(F)(F)OC(F)(F)CF)=C(F)F. The Balaban J connectivity index is 6.25. The topological polar surface area (TPSA) is 72.8 Å². The third-order valence-electron chi connectivity index (χ3n) is 1.79. The van der Waals surface area contributed by atoms with E-state index in [2.05, 4.69) is 4.74 Å². The zero-order valence-corrected chi connectivity index (χ0v) is 11.2. The van der Waals surface area contributed by atoms with Crippen LogP contribution in [0.1, 0.15) is 0 Å². The molecule has 17 heteroatoms. The quantitative estimate of drug-likeness (QED) is 0.398. The van der Waals surface area contributed by atoms with Crippen LogP contribution in [0.3, 0.4) is 0 Å². The molecule has 5 nitrogen and oxygen atoms in total. The van der Waals surface area contributed by atoms with E-state index in [9.17, 15) is 56.7 Å². The van der Waals surface area contributed by atoms with E-state index in [4.69, 9.17) is 4.55 Å². The molecule has 1 N–H and O–H groups in total. The molecule has 0 aromatic heterocycles. The maximum atomic E-state index is 13.5. The Morgan fingerprint density at radius 3 is 1.62 bits per heavy atom. The average Bonchev–Trinajstić information content (AvgIpc) is 2.30. The van der Waals surface area contributed by atoms with Crippen molar-refractivity contribution in [2.24, 2.45) is 0 Å². The van der Waals surface area contributed by atoms with Crippen LogP contribution in [0.5, 0.6) is 0 Å². The van der Waals surface area contributed by atoms with Gasteiger partial charge < -0.3 is 4.74 Å². The molecule has 0 fully saturated rings. The van der Waals surface area contributed by atoms with Gasteiger partial charge in [0.15, 0.2) is 6.67 Å². The highest BCUT2D eigenvalue weighted by molar-refractivity contribution is 7.89. The number of rotatable bonds is 7. The maximum absolute atomic E-state index is 13.5. The lowest BCUT2D eigenvalue weighted by Gasteiger charge is -2.34. The van der Waals surface area contributed by atoms with Crippen molar-refractivity contribution in [3.8, 4) is 0 Å². The molecule has 0 aliphatic carbocycles. The van der Waals surface area contributed by atoms with E-state index in [0.29, 0.717) is 0 Å². The summed E-state index contributed by atoms with van der Waals surface area (Å²) in [6, 6.07) is 0. The Morgan fingerprint density at radius 1 is 0.958 bits per heavy atom. The molecule has 0 aromatic rings. The van der Waals surface area contributed by atoms with Gasteiger partial charge in [-0.2, -0.15) is 52.3 Å². The zero-order chi connectivity index (χ0) is 19.8. The van der Waals surface area contributed by atoms with Crippen LogP contribution in [0.25, 0.3) is 0 Å². The first-order valence-corrected chi connectivity index (χ1v) is 6.24. The summed E-state index contributed by atoms with van der Waals surface area (Å²) in [5, 5.41) is -3.66. The van der Waals surface area contributed by atoms with Gasteiger partial charge in [-0.15, -0.1) is 0 Å². The van der Waals surface area contributed by atoms with Crippen LogP contribution >= 0.6 is 0 Å². The van der Waals surface area contributed by atoms with E-state index in [1.807, 2.05) is 4.74 Å². The smallest absolute Gasteiger partial charge is 0.426 e. The molecule has 0 radical (unpaired) electrons. The minimum Gasteiger partial charge on any atom is -0.426 e. The number of hydrogen-bond donors (Lipinski definition) is 1. The molecule has 0 spiro atoms. The van der Waals surface area contributed by atoms with Crippen LogP contribution in [0, 0.1) is 0 Å². The second-order valence-corrected chi connectivity index (χ2v) is 4.93. The number of halogens is 11. The Hall–Kier alpha value is -1.36. The third kappa shape index (κ3) is 4.82. The lowest BCUT2D eigenvalue weighted by molar-refractivity contribution is -0.490. The van der Waals surface area contributed by atoms with E-state index in [-0.39, 0.29) is 0 Å². The Kier molecular flexibility index (Phi) is 6.14. The van der Waals surface area contributed by atoms with Crippen molar-refractivity contribution in [2.45, 2.75) is 24.2 Å². The van der Waals surface area contributed by atoms with Gasteiger partial charge in [0.1, 0.15) is 0 Å². The summed E-state index contributed by atoms with van der Waals surface area (Å²) in [5.41, 5.74) is 0. The summed E-state index contributed by atoms with van der Waals surface area (Å²) < 4.78 is 170. The molecule has 24 heavy (non-hydrogen) atoms. The third-order valence-corrected chi connectivity index (χ3v) is 2.50. The fourth-order valence-electron chi connectivity index (χ4n) is 0.879. The summed E-state index contributed by atoms with van der Waals surface area (Å²) in [4.78, 5) is 0. The summed E-state index contributed by atoms with van der Waals surface area (Å²) in [7, 11) is -6.55. The fourth-order valence-corrected chi connectivity index (χ4v) is 1.29. The van der Waals surface area contributed by atoms with E-state index >= 15 is 0 Å². The van der Waals surface area contributed by atoms with Gasteiger partial charge in [-0.3, -0.25) is 4.55 Å². The molecule has 0 aliphatic heterocycles. The number of hydrogen-bond acceptors (Lipinski definition) is 4. The number of alkyl halides is 9. The van der Waals surface area contributed by atoms with Gasteiger partial charge in [-0.25, -0.2) is 9.13 Å². The first-order valence-electron chi connectivity index (χ1n) is 4.80. The first-order chi connectivity index (χ1) is 10.3. The fraction of sp³-hybridized carbons (Fsp3) is 0.714. The van der Waals surface area contributed by atoms with Crippen molar-refractivity contribution in [1.82, 2.24) is 0 Å². The highest BCUT2D eigenvalue weighted by atomic mass is 32.2. The summed E-state index contributed by atoms with van der Waals surface area (Å²) in [6.07, 6.45) is -23.8. The molecule has 0 bridgehead atoms. The molecule has 0 saturated heterocycles. The van der Waals surface area contributed by atoms with Gasteiger partial charge in [0.2, 0.25) is 0 Å². The molecule has 144 valence electrons. The van der Waals surface area contributed by atoms with Crippen LogP contribution in [-0.2, 0) is 19.6 Å². The van der Waals surface area contributed by atoms with Gasteiger partial charge in [-0.05, 0) is 0 Å². The lowest BCUT2D eigenvalue weighted by atomic mass is 10.2. The maximum Gasteiger partial charge on any atom is 0.470 e. The highest BCUT2D eigenvalue weighted by Gasteiger charge is 2.78. The minimum absolute atomic E-state index is 1.95. The van der Waals surface area contributed by atoms with Crippen LogP contribution in [-0.4, -0.2) is 43.9 Å². The van der Waals surface area contributed by atoms with Gasteiger partial charge >= 0.3 is 45.5 Å². The highest BCUT2D eigenvalue weighted by Crippen LogP contribution is 2.50. The molecule has 0 rings (SSSR count). The largest absolute Gasteiger partial charge is 0.470 e. The summed E-state index contributed by atoms with van der Waals surface area (Å²) >= 11 is 0. The molecule has 0 aliphatic rings. The van der Waals surface area contributed by atoms with E-state index in [1.54, 1.807) is 0 Å². The van der Waals surface area contributed by atoms with Crippen molar-refractivity contribution in [2.75, 3.05) is 6.67 Å². The first kappa shape index (κ1) is 22.6. The van der Waals surface area contributed by atoms with Crippen molar-refractivity contribution < 1.29 is 70.7 Å². The Labute approximate surface area is 124 Å². The zero-order valence-electron chi connectivity index (χ0n) is 10.4. The molecule has 1 unspecified atom stereocenters. The van der Waals surface area contributed by atoms with Crippen molar-refractivity contribution >= 4 is 10.1 Å².